The van der Waals surface area contributed by atoms with Gasteiger partial charge >= 0.3 is 6.03 Å². The highest BCUT2D eigenvalue weighted by atomic mass is 19.1. The van der Waals surface area contributed by atoms with E-state index in [0.29, 0.717) is 13.1 Å². The lowest BCUT2D eigenvalue weighted by Crippen LogP contribution is -2.41. The van der Waals surface area contributed by atoms with Gasteiger partial charge in [-0.2, -0.15) is 5.10 Å². The predicted molar refractivity (Wildman–Crippen MR) is 149 cm³/mol. The molecule has 0 fully saturated rings. The fraction of sp³-hybridized carbons (Fsp3) is 0.188. The van der Waals surface area contributed by atoms with Crippen molar-refractivity contribution in [2.24, 2.45) is 0 Å². The lowest BCUT2D eigenvalue weighted by Gasteiger charge is -2.31. The van der Waals surface area contributed by atoms with E-state index in [1.165, 1.54) is 12.1 Å². The second-order valence-electron chi connectivity index (χ2n) is 9.88. The minimum Gasteiger partial charge on any atom is -0.334 e. The predicted octanol–water partition coefficient (Wildman–Crippen LogP) is 6.49. The zero-order chi connectivity index (χ0) is 26.9. The van der Waals surface area contributed by atoms with E-state index in [4.69, 9.17) is 5.10 Å². The second kappa shape index (κ2) is 10.3. The molecule has 1 aliphatic heterocycles. The quantitative estimate of drug-likeness (QED) is 0.289. The van der Waals surface area contributed by atoms with Crippen LogP contribution in [-0.4, -0.2) is 25.3 Å². The zero-order valence-electron chi connectivity index (χ0n) is 22.0. The molecule has 3 heterocycles. The SMILES string of the molecule is CCc1nn(-c2ccccc2)c2c1CN(C(=O)NCc1ccc(F)cc1)[C@H](c1ccc(C)cc1)c1cccn1-2. The summed E-state index contributed by atoms with van der Waals surface area (Å²) in [5, 5.41) is 8.09. The topological polar surface area (TPSA) is 55.1 Å². The number of hydrogen-bond donors (Lipinski definition) is 1. The van der Waals surface area contributed by atoms with Gasteiger partial charge in [0.2, 0.25) is 0 Å². The number of aromatic nitrogens is 3. The molecule has 0 spiro atoms. The fourth-order valence-electron chi connectivity index (χ4n) is 5.33. The van der Waals surface area contributed by atoms with E-state index in [1.54, 1.807) is 12.1 Å². The number of halogens is 1. The smallest absolute Gasteiger partial charge is 0.318 e. The third-order valence-corrected chi connectivity index (χ3v) is 7.31. The van der Waals surface area contributed by atoms with E-state index in [2.05, 4.69) is 60.3 Å². The third kappa shape index (κ3) is 4.61. The maximum Gasteiger partial charge on any atom is 0.318 e. The summed E-state index contributed by atoms with van der Waals surface area (Å²) >= 11 is 0. The van der Waals surface area contributed by atoms with Gasteiger partial charge in [-0.1, -0.05) is 67.1 Å². The first-order valence-corrected chi connectivity index (χ1v) is 13.2. The molecule has 7 heteroatoms. The number of urea groups is 1. The highest BCUT2D eigenvalue weighted by Crippen LogP contribution is 2.38. The molecule has 0 saturated heterocycles. The summed E-state index contributed by atoms with van der Waals surface area (Å²) in [6, 6.07) is 28.2. The zero-order valence-corrected chi connectivity index (χ0v) is 22.0. The number of para-hydroxylation sites is 1. The molecule has 0 radical (unpaired) electrons. The normalized spacial score (nSPS) is 14.4. The summed E-state index contributed by atoms with van der Waals surface area (Å²) < 4.78 is 17.6. The molecule has 1 N–H and O–H groups in total. The number of benzene rings is 3. The molecule has 1 atom stereocenters. The molecule has 1 aliphatic rings. The van der Waals surface area contributed by atoms with Gasteiger partial charge in [-0.3, -0.25) is 0 Å². The number of hydrogen-bond acceptors (Lipinski definition) is 2. The van der Waals surface area contributed by atoms with Crippen molar-refractivity contribution < 1.29 is 9.18 Å². The third-order valence-electron chi connectivity index (χ3n) is 7.31. The lowest BCUT2D eigenvalue weighted by molar-refractivity contribution is 0.180. The molecular formula is C32H30FN5O. The fourth-order valence-corrected chi connectivity index (χ4v) is 5.33. The van der Waals surface area contributed by atoms with E-state index >= 15 is 0 Å². The molecule has 0 aliphatic carbocycles. The molecular weight excluding hydrogens is 489 g/mol. The van der Waals surface area contributed by atoms with Crippen LogP contribution in [-0.2, 0) is 19.5 Å². The van der Waals surface area contributed by atoms with Gasteiger partial charge in [0.1, 0.15) is 11.6 Å². The van der Waals surface area contributed by atoms with E-state index in [0.717, 1.165) is 51.6 Å². The number of aryl methyl sites for hydroxylation is 2. The first-order chi connectivity index (χ1) is 19.0. The Morgan fingerprint density at radius 2 is 1.72 bits per heavy atom. The molecule has 196 valence electrons. The van der Waals surface area contributed by atoms with Crippen LogP contribution in [0.2, 0.25) is 0 Å². The van der Waals surface area contributed by atoms with Crippen LogP contribution in [0, 0.1) is 12.7 Å². The van der Waals surface area contributed by atoms with Gasteiger partial charge in [0.15, 0.2) is 0 Å². The number of rotatable bonds is 5. The van der Waals surface area contributed by atoms with Crippen LogP contribution in [0.5, 0.6) is 0 Å². The molecule has 39 heavy (non-hydrogen) atoms. The number of amides is 2. The first kappa shape index (κ1) is 24.7. The Labute approximate surface area is 227 Å². The Bertz CT molecular complexity index is 1600. The molecule has 6 nitrogen and oxygen atoms in total. The summed E-state index contributed by atoms with van der Waals surface area (Å²) in [6.07, 6.45) is 2.79. The average Bonchev–Trinajstić information content (AvgIpc) is 3.55. The molecule has 2 amide bonds. The Morgan fingerprint density at radius 1 is 0.974 bits per heavy atom. The van der Waals surface area contributed by atoms with Crippen LogP contribution in [0.4, 0.5) is 9.18 Å². The van der Waals surface area contributed by atoms with E-state index in [-0.39, 0.29) is 17.9 Å². The van der Waals surface area contributed by atoms with Crippen molar-refractivity contribution in [2.75, 3.05) is 0 Å². The summed E-state index contributed by atoms with van der Waals surface area (Å²) in [5.74, 6) is 0.650. The Hall–Kier alpha value is -4.65. The second-order valence-corrected chi connectivity index (χ2v) is 9.88. The van der Waals surface area contributed by atoms with E-state index < -0.39 is 0 Å². The van der Waals surface area contributed by atoms with Crippen molar-refractivity contribution in [1.29, 1.82) is 0 Å². The first-order valence-electron chi connectivity index (χ1n) is 13.2. The van der Waals surface area contributed by atoms with Crippen LogP contribution in [0.3, 0.4) is 0 Å². The minimum absolute atomic E-state index is 0.194. The van der Waals surface area contributed by atoms with E-state index in [9.17, 15) is 9.18 Å². The standard InChI is InChI=1S/C32H30FN5O/c1-3-28-27-21-37(32(39)34-20-23-13-17-25(33)18-14-23)30(24-15-11-22(2)12-16-24)29-10-7-19-36(29)31(27)38(35-28)26-8-5-4-6-9-26/h4-19,30H,3,20-21H2,1-2H3,(H,34,39)/t30-/m1/s1. The van der Waals surface area contributed by atoms with Crippen LogP contribution in [0.1, 0.15) is 46.6 Å². The lowest BCUT2D eigenvalue weighted by atomic mass is 10.0. The highest BCUT2D eigenvalue weighted by molar-refractivity contribution is 5.76. The summed E-state index contributed by atoms with van der Waals surface area (Å²) in [5.41, 5.74) is 6.94. The van der Waals surface area contributed by atoms with Gasteiger partial charge < -0.3 is 14.8 Å². The molecule has 0 saturated carbocycles. The van der Waals surface area contributed by atoms with Gasteiger partial charge in [0, 0.05) is 18.3 Å². The maximum absolute atomic E-state index is 14.0. The van der Waals surface area contributed by atoms with E-state index in [1.807, 2.05) is 46.0 Å². The summed E-state index contributed by atoms with van der Waals surface area (Å²) in [6.45, 7) is 4.84. The van der Waals surface area contributed by atoms with Crippen LogP contribution >= 0.6 is 0 Å². The maximum atomic E-state index is 14.0. The number of carbonyl (C=O) groups excluding carboxylic acids is 1. The molecule has 5 aromatic rings. The van der Waals surface area contributed by atoms with Gasteiger partial charge in [-0.05, 0) is 60.9 Å². The summed E-state index contributed by atoms with van der Waals surface area (Å²) in [4.78, 5) is 15.9. The number of carbonyl (C=O) groups is 1. The number of nitrogens with one attached hydrogen (secondary N) is 1. The molecule has 2 aromatic heterocycles. The molecule has 6 rings (SSSR count). The number of nitrogens with zero attached hydrogens (tertiary/aromatic N) is 4. The molecule has 0 unspecified atom stereocenters. The van der Waals surface area contributed by atoms with Crippen molar-refractivity contribution in [1.82, 2.24) is 24.6 Å². The van der Waals surface area contributed by atoms with Crippen LogP contribution in [0.15, 0.2) is 97.2 Å². The Morgan fingerprint density at radius 3 is 2.44 bits per heavy atom. The van der Waals surface area contributed by atoms with Gasteiger partial charge in [-0.15, -0.1) is 0 Å². The van der Waals surface area contributed by atoms with Gasteiger partial charge in [-0.25, -0.2) is 13.9 Å². The largest absolute Gasteiger partial charge is 0.334 e. The van der Waals surface area contributed by atoms with Crippen molar-refractivity contribution in [2.45, 2.75) is 39.4 Å². The highest BCUT2D eigenvalue weighted by Gasteiger charge is 2.36. The van der Waals surface area contributed by atoms with Crippen molar-refractivity contribution in [3.05, 3.63) is 137 Å². The summed E-state index contributed by atoms with van der Waals surface area (Å²) in [7, 11) is 0. The van der Waals surface area contributed by atoms with Gasteiger partial charge in [0.25, 0.3) is 0 Å². The Kier molecular flexibility index (Phi) is 6.49. The monoisotopic (exact) mass is 519 g/mol. The van der Waals surface area contributed by atoms with Crippen LogP contribution < -0.4 is 5.32 Å². The van der Waals surface area contributed by atoms with Crippen molar-refractivity contribution in [3.8, 4) is 11.5 Å². The average molecular weight is 520 g/mol. The van der Waals surface area contributed by atoms with Gasteiger partial charge in [0.05, 0.1) is 29.7 Å². The Balaban J connectivity index is 1.48. The minimum atomic E-state index is -0.324. The van der Waals surface area contributed by atoms with Crippen LogP contribution in [0.25, 0.3) is 11.5 Å². The van der Waals surface area contributed by atoms with Crippen molar-refractivity contribution in [3.63, 3.8) is 0 Å². The molecule has 3 aromatic carbocycles. The van der Waals surface area contributed by atoms with Crippen molar-refractivity contribution >= 4 is 6.03 Å². The number of fused-ring (bicyclic) bond motifs is 3. The molecule has 0 bridgehead atoms.